The average molecular weight is 356 g/mol. The number of aliphatic hydroxyl groups is 1. The Morgan fingerprint density at radius 1 is 0.960 bits per heavy atom. The van der Waals surface area contributed by atoms with Crippen LogP contribution in [0.4, 0.5) is 0 Å². The lowest BCUT2D eigenvalue weighted by molar-refractivity contribution is 0.0716. The van der Waals surface area contributed by atoms with Gasteiger partial charge in [-0.3, -0.25) is 0 Å². The summed E-state index contributed by atoms with van der Waals surface area (Å²) >= 11 is 2.00. The van der Waals surface area contributed by atoms with Gasteiger partial charge >= 0.3 is 0 Å². The molecule has 0 heterocycles. The smallest absolute Gasteiger partial charge is 0.116 e. The lowest BCUT2D eigenvalue weighted by atomic mass is 9.83. The van der Waals surface area contributed by atoms with Gasteiger partial charge in [-0.25, -0.2) is 0 Å². The summed E-state index contributed by atoms with van der Waals surface area (Å²) < 4.78 is 0. The summed E-state index contributed by atoms with van der Waals surface area (Å²) in [6.45, 7) is 0.768. The van der Waals surface area contributed by atoms with Gasteiger partial charge in [0, 0.05) is 10.1 Å². The molecule has 0 aliphatic heterocycles. The monoisotopic (exact) mass is 355 g/mol. The van der Waals surface area contributed by atoms with E-state index in [1.165, 1.54) is 37.0 Å². The first kappa shape index (κ1) is 18.5. The van der Waals surface area contributed by atoms with E-state index in [9.17, 15) is 5.11 Å². The van der Waals surface area contributed by atoms with E-state index in [2.05, 4.69) is 29.6 Å². The lowest BCUT2D eigenvalue weighted by Crippen LogP contribution is -2.31. The van der Waals surface area contributed by atoms with E-state index < -0.39 is 5.60 Å². The van der Waals surface area contributed by atoms with Crippen LogP contribution in [0, 0.1) is 0 Å². The zero-order valence-corrected chi connectivity index (χ0v) is 15.9. The molecule has 0 spiro atoms. The summed E-state index contributed by atoms with van der Waals surface area (Å²) in [7, 11) is 1.93. The minimum Gasteiger partial charge on any atom is -0.380 e. The zero-order chi connectivity index (χ0) is 17.5. The maximum atomic E-state index is 11.5. The number of rotatable bonds is 7. The Morgan fingerprint density at radius 2 is 1.60 bits per heavy atom. The minimum atomic E-state index is -0.946. The summed E-state index contributed by atoms with van der Waals surface area (Å²) in [5, 5.41) is 15.4. The molecule has 1 unspecified atom stereocenters. The SMILES string of the molecule is CNCCC(O)(c1ccccc1)c1ccc(SC2CCCCC2)cc1. The molecule has 1 aliphatic carbocycles. The van der Waals surface area contributed by atoms with E-state index in [1.807, 2.05) is 49.1 Å². The molecule has 134 valence electrons. The van der Waals surface area contributed by atoms with Gasteiger partial charge in [0.1, 0.15) is 5.60 Å². The number of benzene rings is 2. The Hall–Kier alpha value is -1.29. The first-order chi connectivity index (χ1) is 12.2. The van der Waals surface area contributed by atoms with Gasteiger partial charge in [-0.2, -0.15) is 0 Å². The Bertz CT molecular complexity index is 637. The lowest BCUT2D eigenvalue weighted by Gasteiger charge is -2.30. The molecule has 2 nitrogen and oxygen atoms in total. The average Bonchev–Trinajstić information content (AvgIpc) is 2.68. The van der Waals surface area contributed by atoms with Crippen LogP contribution in [0.25, 0.3) is 0 Å². The van der Waals surface area contributed by atoms with Crippen LogP contribution in [0.2, 0.25) is 0 Å². The summed E-state index contributed by atoms with van der Waals surface area (Å²) in [5.74, 6) is 0. The standard InChI is InChI=1S/C22H29NOS/c1-23-17-16-22(24,18-8-4-2-5-9-18)19-12-14-21(15-13-19)25-20-10-6-3-7-11-20/h2,4-5,8-9,12-15,20,23-24H,3,6-7,10-11,16-17H2,1H3. The van der Waals surface area contributed by atoms with Crippen molar-refractivity contribution in [3.8, 4) is 0 Å². The van der Waals surface area contributed by atoms with Crippen molar-refractivity contribution >= 4 is 11.8 Å². The summed E-state index contributed by atoms with van der Waals surface area (Å²) in [4.78, 5) is 1.32. The first-order valence-electron chi connectivity index (χ1n) is 9.42. The van der Waals surface area contributed by atoms with E-state index in [4.69, 9.17) is 0 Å². The third-order valence-corrected chi connectivity index (χ3v) is 6.52. The van der Waals surface area contributed by atoms with Crippen molar-refractivity contribution in [2.24, 2.45) is 0 Å². The van der Waals surface area contributed by atoms with Crippen molar-refractivity contribution in [3.63, 3.8) is 0 Å². The fraction of sp³-hybridized carbons (Fsp3) is 0.455. The number of nitrogens with one attached hydrogen (secondary N) is 1. The van der Waals surface area contributed by atoms with Crippen LogP contribution < -0.4 is 5.32 Å². The fourth-order valence-electron chi connectivity index (χ4n) is 3.66. The van der Waals surface area contributed by atoms with Crippen LogP contribution in [-0.2, 0) is 5.60 Å². The minimum absolute atomic E-state index is 0.655. The Morgan fingerprint density at radius 3 is 2.24 bits per heavy atom. The molecule has 0 radical (unpaired) electrons. The Labute approximate surface area is 156 Å². The molecule has 25 heavy (non-hydrogen) atoms. The number of thioether (sulfide) groups is 1. The first-order valence-corrected chi connectivity index (χ1v) is 10.3. The van der Waals surface area contributed by atoms with Gasteiger partial charge in [0.05, 0.1) is 0 Å². The second-order valence-corrected chi connectivity index (χ2v) is 8.36. The highest BCUT2D eigenvalue weighted by molar-refractivity contribution is 8.00. The molecule has 3 heteroatoms. The third kappa shape index (κ3) is 4.66. The number of hydrogen-bond acceptors (Lipinski definition) is 3. The Kier molecular flexibility index (Phi) is 6.57. The molecule has 0 bridgehead atoms. The quantitative estimate of drug-likeness (QED) is 0.736. The molecule has 2 aromatic carbocycles. The van der Waals surface area contributed by atoms with E-state index in [1.54, 1.807) is 0 Å². The van der Waals surface area contributed by atoms with Gasteiger partial charge in [-0.05, 0) is 56.1 Å². The van der Waals surface area contributed by atoms with Gasteiger partial charge < -0.3 is 10.4 Å². The van der Waals surface area contributed by atoms with Gasteiger partial charge in [0.2, 0.25) is 0 Å². The molecule has 1 saturated carbocycles. The second-order valence-electron chi connectivity index (χ2n) is 6.98. The van der Waals surface area contributed by atoms with E-state index in [0.29, 0.717) is 6.42 Å². The topological polar surface area (TPSA) is 32.3 Å². The third-order valence-electron chi connectivity index (χ3n) is 5.17. The molecule has 3 rings (SSSR count). The maximum absolute atomic E-state index is 11.5. The molecule has 1 atom stereocenters. The highest BCUT2D eigenvalue weighted by atomic mass is 32.2. The largest absolute Gasteiger partial charge is 0.380 e. The maximum Gasteiger partial charge on any atom is 0.116 e. The van der Waals surface area contributed by atoms with Gasteiger partial charge in [-0.15, -0.1) is 11.8 Å². The molecule has 2 aromatic rings. The van der Waals surface area contributed by atoms with Crippen LogP contribution in [0.15, 0.2) is 59.5 Å². The van der Waals surface area contributed by atoms with Crippen molar-refractivity contribution < 1.29 is 5.11 Å². The van der Waals surface area contributed by atoms with Gasteiger partial charge in [0.15, 0.2) is 0 Å². The highest BCUT2D eigenvalue weighted by Gasteiger charge is 2.30. The van der Waals surface area contributed by atoms with E-state index in [-0.39, 0.29) is 0 Å². The molecule has 0 amide bonds. The molecular weight excluding hydrogens is 326 g/mol. The number of hydrogen-bond donors (Lipinski definition) is 2. The molecule has 1 fully saturated rings. The predicted octanol–water partition coefficient (Wildman–Crippen LogP) is 4.96. The van der Waals surface area contributed by atoms with Crippen molar-refractivity contribution in [2.75, 3.05) is 13.6 Å². The van der Waals surface area contributed by atoms with Crippen LogP contribution >= 0.6 is 11.8 Å². The van der Waals surface area contributed by atoms with E-state index >= 15 is 0 Å². The second kappa shape index (κ2) is 8.88. The van der Waals surface area contributed by atoms with E-state index in [0.717, 1.165) is 22.9 Å². The fourth-order valence-corrected chi connectivity index (χ4v) is 4.91. The van der Waals surface area contributed by atoms with Gasteiger partial charge in [-0.1, -0.05) is 61.7 Å². The summed E-state index contributed by atoms with van der Waals surface area (Å²) in [6.07, 6.45) is 7.46. The van der Waals surface area contributed by atoms with Crippen LogP contribution in [-0.4, -0.2) is 23.9 Å². The molecule has 0 saturated heterocycles. The van der Waals surface area contributed by atoms with Crippen LogP contribution in [0.3, 0.4) is 0 Å². The molecular formula is C22H29NOS. The summed E-state index contributed by atoms with van der Waals surface area (Å²) in [6, 6.07) is 18.6. The van der Waals surface area contributed by atoms with Crippen LogP contribution in [0.1, 0.15) is 49.7 Å². The Balaban J connectivity index is 1.79. The van der Waals surface area contributed by atoms with Crippen molar-refractivity contribution in [1.82, 2.24) is 5.32 Å². The molecule has 2 N–H and O–H groups in total. The predicted molar refractivity (Wildman–Crippen MR) is 107 cm³/mol. The normalized spacial score (nSPS) is 18.0. The van der Waals surface area contributed by atoms with Crippen molar-refractivity contribution in [2.45, 2.75) is 54.3 Å². The van der Waals surface area contributed by atoms with Gasteiger partial charge in [0.25, 0.3) is 0 Å². The zero-order valence-electron chi connectivity index (χ0n) is 15.1. The van der Waals surface area contributed by atoms with Crippen LogP contribution in [0.5, 0.6) is 0 Å². The van der Waals surface area contributed by atoms with Crippen molar-refractivity contribution in [1.29, 1.82) is 0 Å². The molecule has 0 aromatic heterocycles. The summed E-state index contributed by atoms with van der Waals surface area (Å²) in [5.41, 5.74) is 0.984. The highest BCUT2D eigenvalue weighted by Crippen LogP contribution is 2.36. The van der Waals surface area contributed by atoms with Crippen molar-refractivity contribution in [3.05, 3.63) is 65.7 Å². The molecule has 1 aliphatic rings.